The van der Waals surface area contributed by atoms with Gasteiger partial charge >= 0.3 is 0 Å². The van der Waals surface area contributed by atoms with E-state index in [1.807, 2.05) is 6.07 Å². The van der Waals surface area contributed by atoms with Gasteiger partial charge in [0.1, 0.15) is 10.1 Å². The molecule has 7 heteroatoms. The molecule has 0 unspecified atom stereocenters. The molecule has 3 rings (SSSR count). The minimum Gasteiger partial charge on any atom is -0.550 e. The lowest BCUT2D eigenvalue weighted by atomic mass is 10.0. The molecule has 0 radical (unpaired) electrons. The number of nitrogens with zero attached hydrogens (tertiary/aromatic N) is 1. The summed E-state index contributed by atoms with van der Waals surface area (Å²) in [5.41, 5.74) is 1.33. The third-order valence-corrected chi connectivity index (χ3v) is 5.18. The van der Waals surface area contributed by atoms with Gasteiger partial charge in [-0.05, 0) is 29.3 Å². The number of phenolic OH excluding ortho intramolecular Hbond substituents is 1. The Morgan fingerprint density at radius 3 is 2.62 bits per heavy atom. The van der Waals surface area contributed by atoms with Crippen molar-refractivity contribution in [2.75, 3.05) is 0 Å². The lowest BCUT2D eigenvalue weighted by molar-refractivity contribution is -0.306. The Morgan fingerprint density at radius 2 is 1.96 bits per heavy atom. The number of benzene rings is 2. The summed E-state index contributed by atoms with van der Waals surface area (Å²) in [7, 11) is 0. The third kappa shape index (κ3) is 3.95. The molecule has 1 fully saturated rings. The predicted molar refractivity (Wildman–Crippen MR) is 102 cm³/mol. The second-order valence-electron chi connectivity index (χ2n) is 5.65. The maximum absolute atomic E-state index is 12.9. The molecule has 1 N–H and O–H groups in total. The first-order chi connectivity index (χ1) is 12.5. The molecule has 0 saturated carbocycles. The van der Waals surface area contributed by atoms with Crippen LogP contribution in [0.2, 0.25) is 0 Å². The van der Waals surface area contributed by atoms with Crippen LogP contribution < -0.4 is 5.11 Å². The van der Waals surface area contributed by atoms with Gasteiger partial charge in [-0.15, -0.1) is 0 Å². The van der Waals surface area contributed by atoms with E-state index in [4.69, 9.17) is 12.2 Å². The number of carboxylic acid groups (broad SMARTS) is 1. The highest BCUT2D eigenvalue weighted by Gasteiger charge is 2.37. The van der Waals surface area contributed by atoms with E-state index in [1.165, 1.54) is 17.0 Å². The fraction of sp³-hybridized carbons (Fsp3) is 0.105. The molecular formula is C19H14NO4S2-. The standard InChI is InChI=1S/C19H15NO4S2/c21-14-8-4-5-12(9-14)10-16-18(24)20(19(25)26-16)15(11-17(22)23)13-6-2-1-3-7-13/h1-10,15,21H,11H2,(H,22,23)/p-1/b16-10-/t15-/m1/s1. The van der Waals surface area contributed by atoms with E-state index >= 15 is 0 Å². The summed E-state index contributed by atoms with van der Waals surface area (Å²) >= 11 is 6.44. The van der Waals surface area contributed by atoms with E-state index < -0.39 is 12.0 Å². The smallest absolute Gasteiger partial charge is 0.266 e. The number of thioether (sulfide) groups is 1. The monoisotopic (exact) mass is 384 g/mol. The fourth-order valence-corrected chi connectivity index (χ4v) is 4.06. The van der Waals surface area contributed by atoms with Crippen molar-refractivity contribution >= 4 is 46.3 Å². The van der Waals surface area contributed by atoms with Gasteiger partial charge in [0.2, 0.25) is 0 Å². The number of rotatable bonds is 5. The van der Waals surface area contributed by atoms with Gasteiger partial charge in [0.05, 0.1) is 10.9 Å². The molecule has 0 spiro atoms. The van der Waals surface area contributed by atoms with Crippen LogP contribution in [0.15, 0.2) is 59.5 Å². The number of phenols is 1. The largest absolute Gasteiger partial charge is 0.550 e. The van der Waals surface area contributed by atoms with Crippen LogP contribution in [-0.4, -0.2) is 26.2 Å². The maximum Gasteiger partial charge on any atom is 0.266 e. The zero-order valence-corrected chi connectivity index (χ0v) is 15.1. The Bertz CT molecular complexity index is 895. The lowest BCUT2D eigenvalue weighted by Gasteiger charge is -2.27. The Hall–Kier alpha value is -2.64. The van der Waals surface area contributed by atoms with Crippen molar-refractivity contribution < 1.29 is 19.8 Å². The number of carbonyl (C=O) groups is 2. The quantitative estimate of drug-likeness (QED) is 0.630. The first-order valence-electron chi connectivity index (χ1n) is 7.76. The summed E-state index contributed by atoms with van der Waals surface area (Å²) in [4.78, 5) is 25.8. The number of aliphatic carboxylic acids is 1. The molecule has 5 nitrogen and oxygen atoms in total. The average molecular weight is 384 g/mol. The first kappa shape index (κ1) is 18.2. The van der Waals surface area contributed by atoms with E-state index in [2.05, 4.69) is 0 Å². The average Bonchev–Trinajstić information content (AvgIpc) is 2.87. The van der Waals surface area contributed by atoms with Crippen molar-refractivity contribution in [3.63, 3.8) is 0 Å². The van der Waals surface area contributed by atoms with E-state index in [1.54, 1.807) is 42.5 Å². The molecule has 2 aromatic carbocycles. The lowest BCUT2D eigenvalue weighted by Crippen LogP contribution is -2.37. The van der Waals surface area contributed by atoms with Gasteiger partial charge < -0.3 is 15.0 Å². The molecule has 1 heterocycles. The SMILES string of the molecule is O=C([O-])C[C@H](c1ccccc1)N1C(=O)/C(=C/c2cccc(O)c2)SC1=S. The Morgan fingerprint density at radius 1 is 1.23 bits per heavy atom. The molecule has 0 aliphatic carbocycles. The van der Waals surface area contributed by atoms with Crippen LogP contribution in [0.5, 0.6) is 5.75 Å². The van der Waals surface area contributed by atoms with Crippen molar-refractivity contribution in [3.8, 4) is 5.75 Å². The van der Waals surface area contributed by atoms with E-state index in [-0.39, 0.29) is 22.4 Å². The number of carbonyl (C=O) groups excluding carboxylic acids is 2. The van der Waals surface area contributed by atoms with E-state index in [0.717, 1.165) is 11.8 Å². The highest BCUT2D eigenvalue weighted by atomic mass is 32.2. The summed E-state index contributed by atoms with van der Waals surface area (Å²) in [5, 5.41) is 20.8. The minimum atomic E-state index is -1.26. The van der Waals surface area contributed by atoms with Crippen LogP contribution in [-0.2, 0) is 9.59 Å². The van der Waals surface area contributed by atoms with Crippen LogP contribution >= 0.6 is 24.0 Å². The molecule has 1 amide bonds. The molecule has 1 saturated heterocycles. The summed E-state index contributed by atoms with van der Waals surface area (Å²) in [6.45, 7) is 0. The van der Waals surface area contributed by atoms with Crippen molar-refractivity contribution in [2.45, 2.75) is 12.5 Å². The predicted octanol–water partition coefficient (Wildman–Crippen LogP) is 2.47. The zero-order valence-electron chi connectivity index (χ0n) is 13.5. The Balaban J connectivity index is 1.95. The van der Waals surface area contributed by atoms with Crippen LogP contribution in [0.25, 0.3) is 6.08 Å². The van der Waals surface area contributed by atoms with Gasteiger partial charge in [0, 0.05) is 12.4 Å². The maximum atomic E-state index is 12.9. The van der Waals surface area contributed by atoms with Crippen molar-refractivity contribution in [1.82, 2.24) is 4.90 Å². The second-order valence-corrected chi connectivity index (χ2v) is 7.33. The van der Waals surface area contributed by atoms with Crippen molar-refractivity contribution in [3.05, 3.63) is 70.6 Å². The highest BCUT2D eigenvalue weighted by molar-refractivity contribution is 8.26. The van der Waals surface area contributed by atoms with Crippen LogP contribution in [0.1, 0.15) is 23.6 Å². The molecule has 1 aliphatic heterocycles. The van der Waals surface area contributed by atoms with E-state index in [9.17, 15) is 19.8 Å². The molecule has 1 aliphatic rings. The molecule has 0 aromatic heterocycles. The number of aromatic hydroxyl groups is 1. The topological polar surface area (TPSA) is 80.7 Å². The second kappa shape index (κ2) is 7.72. The minimum absolute atomic E-state index is 0.0911. The summed E-state index contributed by atoms with van der Waals surface area (Å²) in [6.07, 6.45) is 1.27. The summed E-state index contributed by atoms with van der Waals surface area (Å²) < 4.78 is 0.288. The normalized spacial score (nSPS) is 16.9. The summed E-state index contributed by atoms with van der Waals surface area (Å²) in [5.74, 6) is -1.53. The number of carboxylic acids is 1. The molecule has 1 atom stereocenters. The number of hydrogen-bond acceptors (Lipinski definition) is 6. The number of hydrogen-bond donors (Lipinski definition) is 1. The van der Waals surface area contributed by atoms with Gasteiger partial charge in [0.15, 0.2) is 0 Å². The Labute approximate surface area is 160 Å². The van der Waals surface area contributed by atoms with Gasteiger partial charge in [-0.2, -0.15) is 0 Å². The van der Waals surface area contributed by atoms with Crippen LogP contribution in [0.4, 0.5) is 0 Å². The van der Waals surface area contributed by atoms with Crippen molar-refractivity contribution in [2.24, 2.45) is 0 Å². The van der Waals surface area contributed by atoms with Gasteiger partial charge in [-0.3, -0.25) is 9.69 Å². The number of thiocarbonyl (C=S) groups is 1. The van der Waals surface area contributed by atoms with Crippen LogP contribution in [0, 0.1) is 0 Å². The van der Waals surface area contributed by atoms with Gasteiger partial charge in [0.25, 0.3) is 5.91 Å². The molecule has 2 aromatic rings. The Kier molecular flexibility index (Phi) is 5.39. The molecule has 26 heavy (non-hydrogen) atoms. The first-order valence-corrected chi connectivity index (χ1v) is 8.99. The highest BCUT2D eigenvalue weighted by Crippen LogP contribution is 2.39. The number of amides is 1. The van der Waals surface area contributed by atoms with Gasteiger partial charge in [-0.1, -0.05) is 66.4 Å². The fourth-order valence-electron chi connectivity index (χ4n) is 2.71. The zero-order chi connectivity index (χ0) is 18.7. The van der Waals surface area contributed by atoms with E-state index in [0.29, 0.717) is 16.0 Å². The van der Waals surface area contributed by atoms with Crippen molar-refractivity contribution in [1.29, 1.82) is 0 Å². The summed E-state index contributed by atoms with van der Waals surface area (Å²) in [6, 6.07) is 14.6. The molecular weight excluding hydrogens is 370 g/mol. The molecule has 132 valence electrons. The van der Waals surface area contributed by atoms with Gasteiger partial charge in [-0.25, -0.2) is 0 Å². The van der Waals surface area contributed by atoms with Crippen LogP contribution in [0.3, 0.4) is 0 Å². The third-order valence-electron chi connectivity index (χ3n) is 3.85. The molecule has 0 bridgehead atoms.